The van der Waals surface area contributed by atoms with Gasteiger partial charge in [-0.3, -0.25) is 9.71 Å². The Kier molecular flexibility index (Phi) is 4.47. The lowest BCUT2D eigenvalue weighted by Gasteiger charge is -2.12. The van der Waals surface area contributed by atoms with Gasteiger partial charge in [0.1, 0.15) is 4.90 Å². The van der Waals surface area contributed by atoms with Crippen molar-refractivity contribution in [3.63, 3.8) is 0 Å². The lowest BCUT2D eigenvalue weighted by Crippen LogP contribution is -2.15. The molecule has 2 aromatic rings. The fourth-order valence-electron chi connectivity index (χ4n) is 1.95. The zero-order valence-corrected chi connectivity index (χ0v) is 13.1. The molecule has 1 heterocycles. The van der Waals surface area contributed by atoms with Crippen molar-refractivity contribution in [3.05, 3.63) is 48.3 Å². The molecule has 5 nitrogen and oxygen atoms in total. The second-order valence-electron chi connectivity index (χ2n) is 5.00. The number of hydrogen-bond donors (Lipinski definition) is 2. The van der Waals surface area contributed by atoms with Crippen LogP contribution in [0.15, 0.2) is 47.6 Å². The van der Waals surface area contributed by atoms with Crippen LogP contribution in [-0.4, -0.2) is 20.4 Å². The molecule has 112 valence electrons. The highest BCUT2D eigenvalue weighted by Gasteiger charge is 2.18. The number of hydrogen-bond acceptors (Lipinski definition) is 4. The number of pyridine rings is 1. The van der Waals surface area contributed by atoms with Gasteiger partial charge in [0.25, 0.3) is 10.0 Å². The van der Waals surface area contributed by atoms with Crippen molar-refractivity contribution in [1.29, 1.82) is 0 Å². The second-order valence-corrected chi connectivity index (χ2v) is 6.65. The largest absolute Gasteiger partial charge is 0.387 e. The molecule has 0 spiro atoms. The van der Waals surface area contributed by atoms with Gasteiger partial charge < -0.3 is 5.32 Å². The third kappa shape index (κ3) is 3.52. The van der Waals surface area contributed by atoms with Gasteiger partial charge in [-0.15, -0.1) is 0 Å². The van der Waals surface area contributed by atoms with Crippen molar-refractivity contribution in [1.82, 2.24) is 4.98 Å². The lowest BCUT2D eigenvalue weighted by atomic mass is 10.0. The zero-order chi connectivity index (χ0) is 15.5. The maximum atomic E-state index is 12.4. The minimum Gasteiger partial charge on any atom is -0.387 e. The Bertz CT molecular complexity index is 710. The minimum absolute atomic E-state index is 0.125. The Hall–Kier alpha value is -2.08. The maximum Gasteiger partial charge on any atom is 0.265 e. The third-order valence-electron chi connectivity index (χ3n) is 3.17. The quantitative estimate of drug-likeness (QED) is 0.890. The van der Waals surface area contributed by atoms with Crippen LogP contribution in [0.5, 0.6) is 0 Å². The van der Waals surface area contributed by atoms with Gasteiger partial charge in [0.05, 0.1) is 5.69 Å². The van der Waals surface area contributed by atoms with Gasteiger partial charge in [0.2, 0.25) is 0 Å². The van der Waals surface area contributed by atoms with Gasteiger partial charge >= 0.3 is 0 Å². The highest BCUT2D eigenvalue weighted by molar-refractivity contribution is 7.92. The summed E-state index contributed by atoms with van der Waals surface area (Å²) in [4.78, 5) is 4.00. The smallest absolute Gasteiger partial charge is 0.265 e. The van der Waals surface area contributed by atoms with E-state index in [1.807, 2.05) is 12.1 Å². The van der Waals surface area contributed by atoms with Gasteiger partial charge in [0, 0.05) is 25.1 Å². The number of nitrogens with one attached hydrogen (secondary N) is 2. The van der Waals surface area contributed by atoms with Crippen LogP contribution in [0.4, 0.5) is 11.4 Å². The topological polar surface area (TPSA) is 71.1 Å². The van der Waals surface area contributed by atoms with Crippen LogP contribution >= 0.6 is 0 Å². The van der Waals surface area contributed by atoms with Crippen LogP contribution in [0.1, 0.15) is 25.3 Å². The van der Waals surface area contributed by atoms with E-state index in [0.717, 1.165) is 5.56 Å². The summed E-state index contributed by atoms with van der Waals surface area (Å²) in [5, 5.41) is 2.85. The summed E-state index contributed by atoms with van der Waals surface area (Å²) < 4.78 is 27.4. The highest BCUT2D eigenvalue weighted by atomic mass is 32.2. The molecule has 0 aliphatic carbocycles. The van der Waals surface area contributed by atoms with Crippen LogP contribution < -0.4 is 10.0 Å². The molecule has 0 aliphatic rings. The van der Waals surface area contributed by atoms with E-state index in [1.54, 1.807) is 31.4 Å². The summed E-state index contributed by atoms with van der Waals surface area (Å²) in [5.41, 5.74) is 2.21. The van der Waals surface area contributed by atoms with E-state index in [4.69, 9.17) is 0 Å². The van der Waals surface area contributed by atoms with Crippen molar-refractivity contribution < 1.29 is 8.42 Å². The van der Waals surface area contributed by atoms with Crippen LogP contribution in [0, 0.1) is 0 Å². The predicted octanol–water partition coefficient (Wildman–Crippen LogP) is 3.05. The second kappa shape index (κ2) is 6.13. The molecule has 1 aromatic carbocycles. The summed E-state index contributed by atoms with van der Waals surface area (Å²) in [5.74, 6) is 0.407. The molecule has 0 amide bonds. The fourth-order valence-corrected chi connectivity index (χ4v) is 3.16. The first-order chi connectivity index (χ1) is 9.94. The molecule has 6 heteroatoms. The Balaban J connectivity index is 2.29. The lowest BCUT2D eigenvalue weighted by molar-refractivity contribution is 0.601. The van der Waals surface area contributed by atoms with Crippen molar-refractivity contribution in [2.24, 2.45) is 0 Å². The molecular formula is C15H19N3O2S. The van der Waals surface area contributed by atoms with E-state index in [1.165, 1.54) is 6.20 Å². The molecule has 0 aliphatic heterocycles. The first-order valence-corrected chi connectivity index (χ1v) is 8.17. The number of nitrogens with zero attached hydrogens (tertiary/aromatic N) is 1. The third-order valence-corrected chi connectivity index (χ3v) is 4.58. The summed E-state index contributed by atoms with van der Waals surface area (Å²) in [6.07, 6.45) is 2.87. The summed E-state index contributed by atoms with van der Waals surface area (Å²) in [6.45, 7) is 4.18. The van der Waals surface area contributed by atoms with Gasteiger partial charge in [-0.1, -0.05) is 26.0 Å². The van der Waals surface area contributed by atoms with Crippen molar-refractivity contribution in [3.8, 4) is 0 Å². The highest BCUT2D eigenvalue weighted by Crippen LogP contribution is 2.23. The average molecular weight is 305 g/mol. The van der Waals surface area contributed by atoms with Crippen LogP contribution in [-0.2, 0) is 10.0 Å². The van der Waals surface area contributed by atoms with E-state index < -0.39 is 10.0 Å². The van der Waals surface area contributed by atoms with Crippen LogP contribution in [0.3, 0.4) is 0 Å². The van der Waals surface area contributed by atoms with E-state index in [2.05, 4.69) is 28.9 Å². The first-order valence-electron chi connectivity index (χ1n) is 6.68. The Morgan fingerprint density at radius 3 is 2.33 bits per heavy atom. The summed E-state index contributed by atoms with van der Waals surface area (Å²) in [6, 6.07) is 9.00. The standard InChI is InChI=1S/C15H19N3O2S/c1-11(2)12-4-6-13(7-5-12)18-21(19,20)15-10-17-9-8-14(15)16-3/h4-11,18H,1-3H3,(H,16,17). The van der Waals surface area contributed by atoms with Gasteiger partial charge in [-0.2, -0.15) is 0 Å². The number of anilines is 2. The molecule has 0 saturated carbocycles. The molecule has 21 heavy (non-hydrogen) atoms. The van der Waals surface area contributed by atoms with Gasteiger partial charge in [0.15, 0.2) is 0 Å². The Labute approximate surface area is 125 Å². The van der Waals surface area contributed by atoms with Crippen LogP contribution in [0.2, 0.25) is 0 Å². The number of benzene rings is 1. The van der Waals surface area contributed by atoms with Crippen molar-refractivity contribution in [2.45, 2.75) is 24.7 Å². The molecular weight excluding hydrogens is 286 g/mol. The van der Waals surface area contributed by atoms with Gasteiger partial charge in [-0.25, -0.2) is 8.42 Å². The first kappa shape index (κ1) is 15.3. The summed E-state index contributed by atoms with van der Waals surface area (Å²) >= 11 is 0. The van der Waals surface area contributed by atoms with E-state index >= 15 is 0 Å². The SMILES string of the molecule is CNc1ccncc1S(=O)(=O)Nc1ccc(C(C)C)cc1. The van der Waals surface area contributed by atoms with Gasteiger partial charge in [-0.05, 0) is 29.7 Å². The molecule has 2 rings (SSSR count). The van der Waals surface area contributed by atoms with Crippen molar-refractivity contribution in [2.75, 3.05) is 17.1 Å². The number of rotatable bonds is 5. The molecule has 1 aromatic heterocycles. The molecule has 0 atom stereocenters. The Morgan fingerprint density at radius 2 is 1.76 bits per heavy atom. The monoisotopic (exact) mass is 305 g/mol. The zero-order valence-electron chi connectivity index (χ0n) is 12.3. The molecule has 0 saturated heterocycles. The molecule has 0 radical (unpaired) electrons. The fraction of sp³-hybridized carbons (Fsp3) is 0.267. The van der Waals surface area contributed by atoms with E-state index in [9.17, 15) is 8.42 Å². The molecule has 0 unspecified atom stereocenters. The summed E-state index contributed by atoms with van der Waals surface area (Å²) in [7, 11) is -1.99. The normalized spacial score (nSPS) is 11.4. The molecule has 0 fully saturated rings. The Morgan fingerprint density at radius 1 is 1.10 bits per heavy atom. The van der Waals surface area contributed by atoms with E-state index in [0.29, 0.717) is 17.3 Å². The van der Waals surface area contributed by atoms with Crippen LogP contribution in [0.25, 0.3) is 0 Å². The predicted molar refractivity (Wildman–Crippen MR) is 85.1 cm³/mol. The van der Waals surface area contributed by atoms with Crippen molar-refractivity contribution >= 4 is 21.4 Å². The number of sulfonamides is 1. The maximum absolute atomic E-state index is 12.4. The number of aromatic nitrogens is 1. The minimum atomic E-state index is -3.66. The van der Waals surface area contributed by atoms with E-state index in [-0.39, 0.29) is 4.90 Å². The average Bonchev–Trinajstić information content (AvgIpc) is 2.47. The molecule has 2 N–H and O–H groups in total. The molecule has 0 bridgehead atoms.